The molecule has 0 radical (unpaired) electrons. The Morgan fingerprint density at radius 2 is 1.97 bits per heavy atom. The van der Waals surface area contributed by atoms with Gasteiger partial charge in [0.1, 0.15) is 0 Å². The monoisotopic (exact) mass is 412 g/mol. The van der Waals surface area contributed by atoms with Crippen LogP contribution < -0.4 is 0 Å². The molecule has 0 spiro atoms. The molecule has 6 heteroatoms. The van der Waals surface area contributed by atoms with Gasteiger partial charge in [-0.2, -0.15) is 5.10 Å². The van der Waals surface area contributed by atoms with E-state index in [2.05, 4.69) is 23.0 Å². The molecule has 2 aliphatic carbocycles. The lowest BCUT2D eigenvalue weighted by Crippen LogP contribution is -2.55. The number of fused-ring (bicyclic) bond motifs is 1. The molecule has 1 aromatic rings. The minimum Gasteiger partial charge on any atom is -0.345 e. The third-order valence-electron chi connectivity index (χ3n) is 7.73. The molecule has 1 aliphatic heterocycles. The van der Waals surface area contributed by atoms with Crippen LogP contribution in [0.2, 0.25) is 0 Å². The Labute approximate surface area is 180 Å². The van der Waals surface area contributed by atoms with E-state index in [0.29, 0.717) is 25.4 Å². The number of likely N-dealkylation sites (N-methyl/N-ethyl adjacent to an activating group) is 1. The summed E-state index contributed by atoms with van der Waals surface area (Å²) in [5.41, 5.74) is 3.97. The van der Waals surface area contributed by atoms with Gasteiger partial charge in [-0.3, -0.25) is 14.3 Å². The first-order chi connectivity index (χ1) is 14.3. The zero-order chi connectivity index (χ0) is 21.5. The van der Waals surface area contributed by atoms with Gasteiger partial charge in [0.15, 0.2) is 0 Å². The Kier molecular flexibility index (Phi) is 5.78. The highest BCUT2D eigenvalue weighted by atomic mass is 16.2. The van der Waals surface area contributed by atoms with Gasteiger partial charge in [-0.15, -0.1) is 0 Å². The molecule has 1 saturated carbocycles. The van der Waals surface area contributed by atoms with Crippen LogP contribution in [-0.4, -0.2) is 51.0 Å². The molecule has 1 atom stereocenters. The second-order valence-corrected chi connectivity index (χ2v) is 9.52. The van der Waals surface area contributed by atoms with Crippen LogP contribution in [0.1, 0.15) is 74.7 Å². The molecule has 2 fully saturated rings. The number of nitrogens with zero attached hydrogens (tertiary/aromatic N) is 4. The topological polar surface area (TPSA) is 58.4 Å². The van der Waals surface area contributed by atoms with Crippen molar-refractivity contribution in [3.63, 3.8) is 0 Å². The van der Waals surface area contributed by atoms with Crippen LogP contribution in [0.4, 0.5) is 0 Å². The summed E-state index contributed by atoms with van der Waals surface area (Å²) in [4.78, 5) is 30.7. The van der Waals surface area contributed by atoms with Gasteiger partial charge in [0.25, 0.3) is 0 Å². The number of rotatable bonds is 5. The largest absolute Gasteiger partial charge is 0.345 e. The molecule has 2 heterocycles. The molecule has 30 heavy (non-hydrogen) atoms. The maximum atomic E-state index is 13.8. The smallest absolute Gasteiger partial charge is 0.234 e. The number of amides is 2. The number of hydrogen-bond acceptors (Lipinski definition) is 3. The summed E-state index contributed by atoms with van der Waals surface area (Å²) in [5, 5.41) is 4.51. The van der Waals surface area contributed by atoms with Gasteiger partial charge in [-0.05, 0) is 64.4 Å². The average molecular weight is 413 g/mol. The first-order valence-corrected chi connectivity index (χ1v) is 11.6. The van der Waals surface area contributed by atoms with Gasteiger partial charge in [0, 0.05) is 44.5 Å². The number of carbonyl (C=O) groups excluding carboxylic acids is 2. The number of allylic oxidation sites excluding steroid dienone is 1. The van der Waals surface area contributed by atoms with E-state index in [4.69, 9.17) is 0 Å². The van der Waals surface area contributed by atoms with Crippen LogP contribution >= 0.6 is 0 Å². The number of piperidine rings is 1. The highest BCUT2D eigenvalue weighted by Gasteiger charge is 2.52. The molecule has 0 aromatic carbocycles. The summed E-state index contributed by atoms with van der Waals surface area (Å²) in [7, 11) is 3.90. The lowest BCUT2D eigenvalue weighted by molar-refractivity contribution is -0.148. The quantitative estimate of drug-likeness (QED) is 0.742. The minimum absolute atomic E-state index is 0.197. The summed E-state index contributed by atoms with van der Waals surface area (Å²) >= 11 is 0. The summed E-state index contributed by atoms with van der Waals surface area (Å²) in [6.45, 7) is 4.81. The third-order valence-corrected chi connectivity index (χ3v) is 7.73. The molecule has 1 aromatic heterocycles. The Bertz CT molecular complexity index is 865. The second kappa shape index (κ2) is 8.20. The number of carbonyl (C=O) groups is 2. The normalized spacial score (nSPS) is 24.7. The SMILES string of the molecule is Cc1nn(C)c(C)c1CCN(C)C(=O)C12CCCC=C1N(C1CCCC1)C(=O)CC2. The fraction of sp³-hybridized carbons (Fsp3) is 0.708. The Morgan fingerprint density at radius 3 is 2.63 bits per heavy atom. The maximum absolute atomic E-state index is 13.8. The number of likely N-dealkylation sites (tertiary alicyclic amines) is 1. The number of aromatic nitrogens is 2. The predicted octanol–water partition coefficient (Wildman–Crippen LogP) is 3.66. The number of aryl methyl sites for hydroxylation is 2. The van der Waals surface area contributed by atoms with Gasteiger partial charge < -0.3 is 9.80 Å². The molecular weight excluding hydrogens is 376 g/mol. The molecule has 6 nitrogen and oxygen atoms in total. The molecule has 1 unspecified atom stereocenters. The van der Waals surface area contributed by atoms with Crippen LogP contribution in [0.3, 0.4) is 0 Å². The highest BCUT2D eigenvalue weighted by molar-refractivity contribution is 5.91. The van der Waals surface area contributed by atoms with Crippen molar-refractivity contribution in [3.05, 3.63) is 28.7 Å². The molecule has 4 rings (SSSR count). The van der Waals surface area contributed by atoms with Crippen LogP contribution in [0.25, 0.3) is 0 Å². The summed E-state index contributed by atoms with van der Waals surface area (Å²) in [6.07, 6.45) is 11.6. The predicted molar refractivity (Wildman–Crippen MR) is 117 cm³/mol. The van der Waals surface area contributed by atoms with Crippen molar-refractivity contribution in [2.45, 2.75) is 84.1 Å². The van der Waals surface area contributed by atoms with E-state index >= 15 is 0 Å². The van der Waals surface area contributed by atoms with E-state index in [1.165, 1.54) is 24.1 Å². The van der Waals surface area contributed by atoms with E-state index in [0.717, 1.165) is 49.9 Å². The summed E-state index contributed by atoms with van der Waals surface area (Å²) in [6, 6.07) is 0.292. The summed E-state index contributed by atoms with van der Waals surface area (Å²) < 4.78 is 1.92. The Hall–Kier alpha value is -2.11. The van der Waals surface area contributed by atoms with E-state index < -0.39 is 5.41 Å². The van der Waals surface area contributed by atoms with Crippen molar-refractivity contribution in [2.24, 2.45) is 12.5 Å². The molecule has 0 N–H and O–H groups in total. The molecule has 3 aliphatic rings. The lowest BCUT2D eigenvalue weighted by atomic mass is 9.68. The first-order valence-electron chi connectivity index (χ1n) is 11.6. The van der Waals surface area contributed by atoms with Gasteiger partial charge in [0.2, 0.25) is 11.8 Å². The van der Waals surface area contributed by atoms with Crippen LogP contribution in [-0.2, 0) is 23.1 Å². The van der Waals surface area contributed by atoms with Crippen molar-refractivity contribution in [1.82, 2.24) is 19.6 Å². The average Bonchev–Trinajstić information content (AvgIpc) is 3.34. The molecular formula is C24H36N4O2. The van der Waals surface area contributed by atoms with Gasteiger partial charge in [-0.1, -0.05) is 18.9 Å². The van der Waals surface area contributed by atoms with Crippen molar-refractivity contribution < 1.29 is 9.59 Å². The van der Waals surface area contributed by atoms with E-state index in [1.54, 1.807) is 0 Å². The number of hydrogen-bond donors (Lipinski definition) is 0. The molecule has 2 amide bonds. The van der Waals surface area contributed by atoms with E-state index in [-0.39, 0.29) is 11.8 Å². The van der Waals surface area contributed by atoms with Crippen molar-refractivity contribution in [3.8, 4) is 0 Å². The zero-order valence-electron chi connectivity index (χ0n) is 19.0. The maximum Gasteiger partial charge on any atom is 0.234 e. The Balaban J connectivity index is 1.55. The first kappa shape index (κ1) is 21.1. The lowest BCUT2D eigenvalue weighted by Gasteiger charge is -2.49. The van der Waals surface area contributed by atoms with Crippen LogP contribution in [0.5, 0.6) is 0 Å². The van der Waals surface area contributed by atoms with E-state index in [9.17, 15) is 9.59 Å². The van der Waals surface area contributed by atoms with Crippen molar-refractivity contribution >= 4 is 11.8 Å². The van der Waals surface area contributed by atoms with Crippen LogP contribution in [0.15, 0.2) is 11.8 Å². The highest BCUT2D eigenvalue weighted by Crippen LogP contribution is 2.49. The Morgan fingerprint density at radius 1 is 1.23 bits per heavy atom. The van der Waals surface area contributed by atoms with Gasteiger partial charge in [-0.25, -0.2) is 0 Å². The second-order valence-electron chi connectivity index (χ2n) is 9.52. The van der Waals surface area contributed by atoms with E-state index in [1.807, 2.05) is 30.6 Å². The fourth-order valence-electron chi connectivity index (χ4n) is 5.94. The molecule has 164 valence electrons. The van der Waals surface area contributed by atoms with Crippen molar-refractivity contribution in [2.75, 3.05) is 13.6 Å². The third kappa shape index (κ3) is 3.48. The van der Waals surface area contributed by atoms with Crippen LogP contribution in [0, 0.1) is 19.3 Å². The standard InChI is InChI=1S/C24H36N4O2/c1-17-20(18(2)27(4)25-17)13-16-26(3)23(30)24-14-8-7-11-21(24)28(22(29)12-15-24)19-9-5-6-10-19/h11,19H,5-10,12-16H2,1-4H3. The summed E-state index contributed by atoms with van der Waals surface area (Å²) in [5.74, 6) is 0.422. The fourth-order valence-corrected chi connectivity index (χ4v) is 5.94. The van der Waals surface area contributed by atoms with Crippen molar-refractivity contribution in [1.29, 1.82) is 0 Å². The minimum atomic E-state index is -0.511. The molecule has 1 saturated heterocycles. The molecule has 0 bridgehead atoms. The zero-order valence-corrected chi connectivity index (χ0v) is 19.0. The van der Waals surface area contributed by atoms with Gasteiger partial charge in [0.05, 0.1) is 11.1 Å². The van der Waals surface area contributed by atoms with Gasteiger partial charge >= 0.3 is 0 Å².